The Morgan fingerprint density at radius 1 is 1.27 bits per heavy atom. The molecule has 5 rings (SSSR count). The topological polar surface area (TPSA) is 71.8 Å². The van der Waals surface area contributed by atoms with E-state index in [1.54, 1.807) is 17.5 Å². The van der Waals surface area contributed by atoms with Crippen molar-refractivity contribution in [1.29, 1.82) is 0 Å². The predicted molar refractivity (Wildman–Crippen MR) is 104 cm³/mol. The number of ether oxygens (including phenoxy) is 1. The number of nitrogens with one attached hydrogen (secondary N) is 1. The second-order valence-electron chi connectivity index (χ2n) is 5.92. The lowest BCUT2D eigenvalue weighted by molar-refractivity contribution is 0.103. The minimum absolute atomic E-state index is 0.163. The van der Waals surface area contributed by atoms with E-state index >= 15 is 0 Å². The summed E-state index contributed by atoms with van der Waals surface area (Å²) in [6, 6.07) is 5.69. The predicted octanol–water partition coefficient (Wildman–Crippen LogP) is 3.09. The molecular formula is C17H15N5O2S2. The van der Waals surface area contributed by atoms with E-state index in [0.29, 0.717) is 10.7 Å². The number of imidazole rings is 1. The molecule has 26 heavy (non-hydrogen) atoms. The Kier molecular flexibility index (Phi) is 3.84. The maximum absolute atomic E-state index is 12.5. The fourth-order valence-corrected chi connectivity index (χ4v) is 4.70. The second-order valence-corrected chi connectivity index (χ2v) is 7.83. The Balaban J connectivity index is 1.33. The Morgan fingerprint density at radius 2 is 2.15 bits per heavy atom. The van der Waals surface area contributed by atoms with Crippen LogP contribution in [0, 0.1) is 0 Å². The van der Waals surface area contributed by atoms with Gasteiger partial charge >= 0.3 is 0 Å². The Labute approximate surface area is 156 Å². The van der Waals surface area contributed by atoms with Gasteiger partial charge in [0.25, 0.3) is 5.91 Å². The summed E-state index contributed by atoms with van der Waals surface area (Å²) >= 11 is 2.98. The SMILES string of the molecule is O=C(Nc1ccc(N2CCOCC2)cn1)c1cc2c(nc3sccn32)s1. The Hall–Kier alpha value is -2.49. The first-order chi connectivity index (χ1) is 12.8. The maximum Gasteiger partial charge on any atom is 0.267 e. The fraction of sp³-hybridized carbons (Fsp3) is 0.235. The van der Waals surface area contributed by atoms with Crippen molar-refractivity contribution in [3.05, 3.63) is 40.8 Å². The summed E-state index contributed by atoms with van der Waals surface area (Å²) in [5.41, 5.74) is 2.01. The Bertz CT molecular complexity index is 1080. The molecule has 0 spiro atoms. The molecule has 0 radical (unpaired) electrons. The maximum atomic E-state index is 12.5. The second kappa shape index (κ2) is 6.35. The van der Waals surface area contributed by atoms with Crippen LogP contribution in [-0.2, 0) is 4.74 Å². The van der Waals surface area contributed by atoms with Crippen LogP contribution in [0.5, 0.6) is 0 Å². The molecule has 0 bridgehead atoms. The van der Waals surface area contributed by atoms with E-state index < -0.39 is 0 Å². The zero-order valence-electron chi connectivity index (χ0n) is 13.7. The minimum atomic E-state index is -0.163. The van der Waals surface area contributed by atoms with Crippen molar-refractivity contribution >= 4 is 55.4 Å². The van der Waals surface area contributed by atoms with Gasteiger partial charge in [0.2, 0.25) is 0 Å². The summed E-state index contributed by atoms with van der Waals surface area (Å²) in [5.74, 6) is 0.380. The molecule has 0 aliphatic carbocycles. The van der Waals surface area contributed by atoms with Gasteiger partial charge in [0.05, 0.1) is 35.5 Å². The van der Waals surface area contributed by atoms with E-state index in [1.807, 2.05) is 34.2 Å². The van der Waals surface area contributed by atoms with E-state index in [9.17, 15) is 4.79 Å². The summed E-state index contributed by atoms with van der Waals surface area (Å²) < 4.78 is 7.36. The minimum Gasteiger partial charge on any atom is -0.378 e. The van der Waals surface area contributed by atoms with Crippen molar-refractivity contribution in [2.45, 2.75) is 0 Å². The number of thiazole rings is 1. The van der Waals surface area contributed by atoms with Gasteiger partial charge in [0.15, 0.2) is 4.96 Å². The molecule has 9 heteroatoms. The van der Waals surface area contributed by atoms with Crippen LogP contribution in [0.3, 0.4) is 0 Å². The lowest BCUT2D eigenvalue weighted by Gasteiger charge is -2.28. The van der Waals surface area contributed by atoms with Crippen molar-refractivity contribution in [1.82, 2.24) is 14.4 Å². The van der Waals surface area contributed by atoms with Crippen molar-refractivity contribution in [2.75, 3.05) is 36.5 Å². The molecule has 0 unspecified atom stereocenters. The number of aromatic nitrogens is 3. The first kappa shape index (κ1) is 15.7. The average molecular weight is 385 g/mol. The third kappa shape index (κ3) is 2.74. The van der Waals surface area contributed by atoms with E-state index in [2.05, 4.69) is 20.2 Å². The van der Waals surface area contributed by atoms with Gasteiger partial charge in [-0.1, -0.05) is 0 Å². The largest absolute Gasteiger partial charge is 0.378 e. The molecule has 4 aromatic heterocycles. The van der Waals surface area contributed by atoms with Crippen molar-refractivity contribution < 1.29 is 9.53 Å². The summed E-state index contributed by atoms with van der Waals surface area (Å²) in [5, 5.41) is 4.85. The number of nitrogens with zero attached hydrogens (tertiary/aromatic N) is 4. The number of rotatable bonds is 3. The fourth-order valence-electron chi connectivity index (χ4n) is 3.01. The van der Waals surface area contributed by atoms with E-state index in [-0.39, 0.29) is 5.91 Å². The summed E-state index contributed by atoms with van der Waals surface area (Å²) in [4.78, 5) is 26.1. The lowest BCUT2D eigenvalue weighted by Crippen LogP contribution is -2.36. The van der Waals surface area contributed by atoms with E-state index in [1.165, 1.54) is 11.3 Å². The first-order valence-electron chi connectivity index (χ1n) is 8.23. The first-order valence-corrected chi connectivity index (χ1v) is 9.93. The van der Waals surface area contributed by atoms with Gasteiger partial charge in [0, 0.05) is 24.7 Å². The zero-order chi connectivity index (χ0) is 17.5. The van der Waals surface area contributed by atoms with Crippen LogP contribution in [0.25, 0.3) is 15.3 Å². The third-order valence-electron chi connectivity index (χ3n) is 4.33. The number of thiophene rings is 1. The van der Waals surface area contributed by atoms with Crippen LogP contribution in [0.15, 0.2) is 36.0 Å². The number of hydrogen-bond donors (Lipinski definition) is 1. The molecule has 1 aliphatic heterocycles. The number of morpholine rings is 1. The van der Waals surface area contributed by atoms with Gasteiger partial charge in [-0.05, 0) is 18.2 Å². The van der Waals surface area contributed by atoms with Crippen molar-refractivity contribution in [3.8, 4) is 0 Å². The monoisotopic (exact) mass is 385 g/mol. The molecule has 0 aromatic carbocycles. The molecular weight excluding hydrogens is 370 g/mol. The number of pyridine rings is 1. The van der Waals surface area contributed by atoms with Gasteiger partial charge in [0.1, 0.15) is 10.6 Å². The van der Waals surface area contributed by atoms with Crippen LogP contribution >= 0.6 is 22.7 Å². The van der Waals surface area contributed by atoms with Gasteiger partial charge in [-0.3, -0.25) is 9.20 Å². The number of carbonyl (C=O) groups is 1. The standard InChI is InChI=1S/C17H15N5O2S2/c23-15(13-9-12-16(26-13)20-17-22(12)5-8-25-17)19-14-2-1-11(10-18-14)21-3-6-24-7-4-21/h1-2,5,8-10H,3-4,6-7H2,(H,18,19,23). The molecule has 5 heterocycles. The number of hydrogen-bond acceptors (Lipinski definition) is 7. The third-order valence-corrected chi connectivity index (χ3v) is 6.10. The van der Waals surface area contributed by atoms with Gasteiger partial charge in [-0.25, -0.2) is 9.97 Å². The highest BCUT2D eigenvalue weighted by Gasteiger charge is 2.16. The van der Waals surface area contributed by atoms with Gasteiger partial charge < -0.3 is 15.0 Å². The van der Waals surface area contributed by atoms with Crippen molar-refractivity contribution in [2.24, 2.45) is 0 Å². The van der Waals surface area contributed by atoms with Crippen LogP contribution in [0.4, 0.5) is 11.5 Å². The molecule has 1 N–H and O–H groups in total. The van der Waals surface area contributed by atoms with Gasteiger partial charge in [-0.2, -0.15) is 0 Å². The quantitative estimate of drug-likeness (QED) is 0.587. The molecule has 0 saturated carbocycles. The highest BCUT2D eigenvalue weighted by molar-refractivity contribution is 7.21. The number of carbonyl (C=O) groups excluding carboxylic acids is 1. The zero-order valence-corrected chi connectivity index (χ0v) is 15.3. The number of fused-ring (bicyclic) bond motifs is 3. The molecule has 1 amide bonds. The molecule has 0 atom stereocenters. The normalized spacial score (nSPS) is 15.0. The Morgan fingerprint density at radius 3 is 2.96 bits per heavy atom. The van der Waals surface area contributed by atoms with E-state index in [0.717, 1.165) is 47.3 Å². The smallest absolute Gasteiger partial charge is 0.267 e. The van der Waals surface area contributed by atoms with Gasteiger partial charge in [-0.15, -0.1) is 22.7 Å². The molecule has 7 nitrogen and oxygen atoms in total. The highest BCUT2D eigenvalue weighted by Crippen LogP contribution is 2.28. The molecule has 132 valence electrons. The number of amides is 1. The van der Waals surface area contributed by atoms with Crippen molar-refractivity contribution in [3.63, 3.8) is 0 Å². The average Bonchev–Trinajstić information content (AvgIpc) is 3.35. The molecule has 4 aromatic rings. The van der Waals surface area contributed by atoms with Crippen LogP contribution in [0.2, 0.25) is 0 Å². The van der Waals surface area contributed by atoms with Crippen LogP contribution in [-0.4, -0.2) is 46.6 Å². The van der Waals surface area contributed by atoms with Crippen LogP contribution < -0.4 is 10.2 Å². The summed E-state index contributed by atoms with van der Waals surface area (Å²) in [6.45, 7) is 3.19. The number of anilines is 2. The summed E-state index contributed by atoms with van der Waals surface area (Å²) in [6.07, 6.45) is 3.76. The summed E-state index contributed by atoms with van der Waals surface area (Å²) in [7, 11) is 0. The van der Waals surface area contributed by atoms with E-state index in [4.69, 9.17) is 4.74 Å². The lowest BCUT2D eigenvalue weighted by atomic mass is 10.3. The van der Waals surface area contributed by atoms with Crippen LogP contribution in [0.1, 0.15) is 9.67 Å². The molecule has 1 aliphatic rings. The molecule has 1 fully saturated rings. The highest BCUT2D eigenvalue weighted by atomic mass is 32.1. The molecule has 1 saturated heterocycles.